The first-order chi connectivity index (χ1) is 16.1. The number of nitrogens with one attached hydrogen (secondary N) is 1. The smallest absolute Gasteiger partial charge is 0.262 e. The summed E-state index contributed by atoms with van der Waals surface area (Å²) in [5.41, 5.74) is 4.17. The second kappa shape index (κ2) is 10.2. The Morgan fingerprint density at radius 3 is 2.62 bits per heavy atom. The highest BCUT2D eigenvalue weighted by Gasteiger charge is 2.33. The van der Waals surface area contributed by atoms with Crippen molar-refractivity contribution in [3.05, 3.63) is 77.5 Å². The summed E-state index contributed by atoms with van der Waals surface area (Å²) < 4.78 is 25.9. The van der Waals surface area contributed by atoms with E-state index in [0.29, 0.717) is 18.5 Å². The number of carbonyl (C=O) groups excluding carboxylic acids is 1. The molecule has 1 heterocycles. The number of phenols is 2. The zero-order chi connectivity index (χ0) is 25.0. The van der Waals surface area contributed by atoms with E-state index in [-0.39, 0.29) is 23.6 Å². The number of aliphatic imine (C=N–C) groups is 1. The number of phenolic OH excluding ortho intramolecular Hbond substituents is 2. The first kappa shape index (κ1) is 25.2. The minimum Gasteiger partial charge on any atom is -0.508 e. The van der Waals surface area contributed by atoms with E-state index >= 15 is 0 Å². The van der Waals surface area contributed by atoms with Crippen molar-refractivity contribution >= 4 is 27.3 Å². The molecule has 3 rings (SSSR count). The van der Waals surface area contributed by atoms with Crippen LogP contribution in [0.25, 0.3) is 0 Å². The van der Waals surface area contributed by atoms with Gasteiger partial charge in [-0.25, -0.2) is 13.1 Å². The van der Waals surface area contributed by atoms with Crippen molar-refractivity contribution in [3.63, 3.8) is 0 Å². The molecule has 2 aromatic carbocycles. The Bertz CT molecular complexity index is 1280. The van der Waals surface area contributed by atoms with Crippen LogP contribution in [-0.2, 0) is 16.4 Å². The molecule has 1 aliphatic heterocycles. The molecule has 0 aromatic heterocycles. The highest BCUT2D eigenvalue weighted by molar-refractivity contribution is 7.88. The van der Waals surface area contributed by atoms with E-state index in [1.54, 1.807) is 0 Å². The number of allylic oxidation sites excluding steroid dienone is 2. The molecule has 0 radical (unpaired) electrons. The van der Waals surface area contributed by atoms with Gasteiger partial charge in [-0.15, -0.1) is 0 Å². The van der Waals surface area contributed by atoms with Gasteiger partial charge in [0, 0.05) is 30.1 Å². The number of aromatic hydroxyl groups is 2. The topological polar surface area (TPSA) is 119 Å². The van der Waals surface area contributed by atoms with E-state index in [0.717, 1.165) is 34.7 Å². The highest BCUT2D eigenvalue weighted by Crippen LogP contribution is 2.35. The summed E-state index contributed by atoms with van der Waals surface area (Å²) in [5, 5.41) is 19.9. The molecule has 1 atom stereocenters. The molecule has 3 N–H and O–H groups in total. The number of amides is 1. The van der Waals surface area contributed by atoms with E-state index < -0.39 is 22.0 Å². The molecular weight excluding hydrogens is 454 g/mol. The van der Waals surface area contributed by atoms with Crippen LogP contribution in [0.2, 0.25) is 0 Å². The van der Waals surface area contributed by atoms with Crippen LogP contribution in [0.4, 0.5) is 5.69 Å². The second-order valence-corrected chi connectivity index (χ2v) is 10.00. The summed E-state index contributed by atoms with van der Waals surface area (Å²) in [6.45, 7) is 7.61. The maximum atomic E-state index is 13.6. The Hall–Kier alpha value is -3.43. The van der Waals surface area contributed by atoms with Crippen LogP contribution in [0.5, 0.6) is 11.5 Å². The summed E-state index contributed by atoms with van der Waals surface area (Å²) in [4.78, 5) is 19.5. The maximum Gasteiger partial charge on any atom is 0.262 e. The number of benzene rings is 2. The second-order valence-electron chi connectivity index (χ2n) is 8.17. The first-order valence-corrected chi connectivity index (χ1v) is 12.7. The lowest BCUT2D eigenvalue weighted by Gasteiger charge is -2.37. The maximum absolute atomic E-state index is 13.6. The van der Waals surface area contributed by atoms with Crippen molar-refractivity contribution in [2.75, 3.05) is 17.7 Å². The Morgan fingerprint density at radius 1 is 1.26 bits per heavy atom. The summed E-state index contributed by atoms with van der Waals surface area (Å²) >= 11 is 0. The van der Waals surface area contributed by atoms with Gasteiger partial charge < -0.3 is 15.1 Å². The normalized spacial score (nSPS) is 16.8. The van der Waals surface area contributed by atoms with Gasteiger partial charge in [0.1, 0.15) is 11.5 Å². The molecule has 0 bridgehead atoms. The number of aryl methyl sites for hydroxylation is 1. The number of hydrogen-bond acceptors (Lipinski definition) is 6. The summed E-state index contributed by atoms with van der Waals surface area (Å²) in [7, 11) is -3.47. The SMILES string of the molecule is C=CN=C(/C(C)=C\C)c1ccc2c(c1)CCC(CNS(C)(=O)=O)N2C(=O)c1ccc(O)cc1O. The molecule has 180 valence electrons. The Morgan fingerprint density at radius 2 is 2.00 bits per heavy atom. The van der Waals surface area contributed by atoms with Gasteiger partial charge in [0.15, 0.2) is 0 Å². The molecule has 8 nitrogen and oxygen atoms in total. The third kappa shape index (κ3) is 5.55. The van der Waals surface area contributed by atoms with E-state index in [9.17, 15) is 23.4 Å². The predicted octanol–water partition coefficient (Wildman–Crippen LogP) is 3.51. The van der Waals surface area contributed by atoms with Gasteiger partial charge in [-0.1, -0.05) is 18.7 Å². The minimum atomic E-state index is -3.47. The number of sulfonamides is 1. The van der Waals surface area contributed by atoms with Crippen LogP contribution in [-0.4, -0.2) is 49.1 Å². The highest BCUT2D eigenvalue weighted by atomic mass is 32.2. The number of anilines is 1. The van der Waals surface area contributed by atoms with Crippen molar-refractivity contribution < 1.29 is 23.4 Å². The quantitative estimate of drug-likeness (QED) is 0.521. The van der Waals surface area contributed by atoms with Gasteiger partial charge in [-0.3, -0.25) is 9.79 Å². The fourth-order valence-corrected chi connectivity index (χ4v) is 4.49. The molecule has 1 amide bonds. The zero-order valence-corrected chi connectivity index (χ0v) is 20.3. The average Bonchev–Trinajstić information content (AvgIpc) is 2.79. The zero-order valence-electron chi connectivity index (χ0n) is 19.4. The Balaban J connectivity index is 2.09. The molecule has 0 aliphatic carbocycles. The van der Waals surface area contributed by atoms with Crippen LogP contribution in [0, 0.1) is 0 Å². The summed E-state index contributed by atoms with van der Waals surface area (Å²) in [5.74, 6) is -1.01. The molecule has 34 heavy (non-hydrogen) atoms. The lowest BCUT2D eigenvalue weighted by atomic mass is 9.91. The third-order valence-electron chi connectivity index (χ3n) is 5.76. The van der Waals surface area contributed by atoms with Gasteiger partial charge in [0.25, 0.3) is 5.91 Å². The van der Waals surface area contributed by atoms with Crippen LogP contribution in [0.15, 0.2) is 65.8 Å². The van der Waals surface area contributed by atoms with E-state index in [4.69, 9.17) is 0 Å². The molecular formula is C25H29N3O5S. The number of rotatable bonds is 7. The average molecular weight is 484 g/mol. The van der Waals surface area contributed by atoms with Crippen LogP contribution in [0.3, 0.4) is 0 Å². The predicted molar refractivity (Wildman–Crippen MR) is 134 cm³/mol. The van der Waals surface area contributed by atoms with Crippen molar-refractivity contribution in [2.45, 2.75) is 32.7 Å². The fourth-order valence-electron chi connectivity index (χ4n) is 3.99. The molecule has 0 fully saturated rings. The number of nitrogens with zero attached hydrogens (tertiary/aromatic N) is 2. The van der Waals surface area contributed by atoms with Crippen LogP contribution >= 0.6 is 0 Å². The van der Waals surface area contributed by atoms with Crippen molar-refractivity contribution in [2.24, 2.45) is 4.99 Å². The van der Waals surface area contributed by atoms with Gasteiger partial charge >= 0.3 is 0 Å². The van der Waals surface area contributed by atoms with Gasteiger partial charge in [-0.05, 0) is 62.1 Å². The van der Waals surface area contributed by atoms with E-state index in [1.165, 1.54) is 23.2 Å². The Kier molecular flexibility index (Phi) is 7.58. The van der Waals surface area contributed by atoms with E-state index in [1.807, 2.05) is 38.1 Å². The van der Waals surface area contributed by atoms with Crippen molar-refractivity contribution in [1.29, 1.82) is 0 Å². The summed E-state index contributed by atoms with van der Waals surface area (Å²) in [6.07, 6.45) is 5.65. The van der Waals surface area contributed by atoms with Gasteiger partial charge in [0.2, 0.25) is 10.0 Å². The number of carbonyl (C=O) groups is 1. The third-order valence-corrected chi connectivity index (χ3v) is 6.45. The largest absolute Gasteiger partial charge is 0.508 e. The Labute approximate surface area is 200 Å². The molecule has 0 saturated carbocycles. The van der Waals surface area contributed by atoms with Crippen LogP contribution in [0.1, 0.15) is 41.8 Å². The molecule has 0 spiro atoms. The molecule has 0 saturated heterocycles. The molecule has 1 unspecified atom stereocenters. The van der Waals surface area contributed by atoms with Crippen molar-refractivity contribution in [1.82, 2.24) is 4.72 Å². The number of hydrogen-bond donors (Lipinski definition) is 3. The fraction of sp³-hybridized carbons (Fsp3) is 0.280. The monoisotopic (exact) mass is 483 g/mol. The molecule has 2 aromatic rings. The lowest BCUT2D eigenvalue weighted by Crippen LogP contribution is -2.49. The lowest BCUT2D eigenvalue weighted by molar-refractivity contribution is 0.0970. The van der Waals surface area contributed by atoms with Gasteiger partial charge in [0.05, 0.1) is 23.6 Å². The van der Waals surface area contributed by atoms with Gasteiger partial charge in [-0.2, -0.15) is 0 Å². The van der Waals surface area contributed by atoms with Crippen molar-refractivity contribution in [3.8, 4) is 11.5 Å². The molecule has 9 heteroatoms. The molecule has 1 aliphatic rings. The summed E-state index contributed by atoms with van der Waals surface area (Å²) in [6, 6.07) is 8.95. The standard InChI is InChI=1S/C25H29N3O5S/c1-5-16(3)24(26-6-2)18-8-12-22-17(13-18)7-9-19(15-27-34(4,32)33)28(22)25(31)21-11-10-20(29)14-23(21)30/h5-6,8,10-14,19,27,29-30H,2,7,9,15H2,1,3-4H3/b16-5-,26-24?. The van der Waals surface area contributed by atoms with E-state index in [2.05, 4.69) is 16.3 Å². The number of fused-ring (bicyclic) bond motifs is 1. The van der Waals surface area contributed by atoms with Crippen LogP contribution < -0.4 is 9.62 Å². The first-order valence-electron chi connectivity index (χ1n) is 10.8. The minimum absolute atomic E-state index is 0.0118.